The molecule has 0 saturated heterocycles. The second-order valence-electron chi connectivity index (χ2n) is 5.21. The van der Waals surface area contributed by atoms with Crippen LogP contribution in [0.25, 0.3) is 0 Å². The van der Waals surface area contributed by atoms with Gasteiger partial charge in [-0.3, -0.25) is 4.79 Å². The summed E-state index contributed by atoms with van der Waals surface area (Å²) >= 11 is 0. The largest absolute Gasteiger partial charge is 0.316 e. The molecule has 0 unspecified atom stereocenters. The molecule has 0 spiro atoms. The predicted octanol–water partition coefficient (Wildman–Crippen LogP) is 2.19. The van der Waals surface area contributed by atoms with Gasteiger partial charge in [0.05, 0.1) is 4.90 Å². The molecular formula is C17H20N2O3S. The predicted molar refractivity (Wildman–Crippen MR) is 90.9 cm³/mol. The summed E-state index contributed by atoms with van der Waals surface area (Å²) in [5, 5.41) is 0. The molecule has 6 heteroatoms. The zero-order valence-electron chi connectivity index (χ0n) is 13.2. The van der Waals surface area contributed by atoms with Crippen molar-refractivity contribution in [3.8, 4) is 0 Å². The number of benzene rings is 2. The number of nitrogens with zero attached hydrogens (tertiary/aromatic N) is 1. The van der Waals surface area contributed by atoms with Crippen LogP contribution in [-0.4, -0.2) is 27.9 Å². The minimum Gasteiger partial charge on any atom is -0.316 e. The molecule has 2 aromatic carbocycles. The number of hydrogen-bond acceptors (Lipinski definition) is 3. The van der Waals surface area contributed by atoms with Crippen LogP contribution in [0.2, 0.25) is 0 Å². The minimum atomic E-state index is -3.55. The lowest BCUT2D eigenvalue weighted by molar-refractivity contribution is -0.116. The van der Waals surface area contributed by atoms with E-state index in [-0.39, 0.29) is 10.8 Å². The fourth-order valence-electron chi connectivity index (χ4n) is 2.09. The number of anilines is 1. The van der Waals surface area contributed by atoms with Crippen LogP contribution in [0.15, 0.2) is 59.5 Å². The molecule has 0 bridgehead atoms. The highest BCUT2D eigenvalue weighted by atomic mass is 32.2. The summed E-state index contributed by atoms with van der Waals surface area (Å²) in [6, 6.07) is 15.9. The smallest absolute Gasteiger partial charge is 0.240 e. The molecule has 122 valence electrons. The van der Waals surface area contributed by atoms with E-state index in [0.717, 1.165) is 5.56 Å². The topological polar surface area (TPSA) is 66.5 Å². The van der Waals surface area contributed by atoms with E-state index < -0.39 is 10.0 Å². The monoisotopic (exact) mass is 332 g/mol. The van der Waals surface area contributed by atoms with Crippen molar-refractivity contribution in [1.82, 2.24) is 4.72 Å². The molecule has 0 aliphatic carbocycles. The Morgan fingerprint density at radius 1 is 1.04 bits per heavy atom. The number of rotatable bonds is 6. The van der Waals surface area contributed by atoms with Crippen LogP contribution in [0.5, 0.6) is 0 Å². The van der Waals surface area contributed by atoms with Gasteiger partial charge in [-0.25, -0.2) is 13.1 Å². The third kappa shape index (κ3) is 4.64. The number of carbonyl (C=O) groups excluding carboxylic acids is 1. The second-order valence-corrected chi connectivity index (χ2v) is 6.97. The Morgan fingerprint density at radius 2 is 1.65 bits per heavy atom. The Labute approximate surface area is 137 Å². The van der Waals surface area contributed by atoms with Crippen LogP contribution < -0.4 is 9.62 Å². The Kier molecular flexibility index (Phi) is 5.52. The molecule has 0 aliphatic rings. The van der Waals surface area contributed by atoms with Gasteiger partial charge in [0.25, 0.3) is 0 Å². The summed E-state index contributed by atoms with van der Waals surface area (Å²) in [6.45, 7) is 1.79. The average Bonchev–Trinajstić information content (AvgIpc) is 2.55. The van der Waals surface area contributed by atoms with Gasteiger partial charge < -0.3 is 4.90 Å². The van der Waals surface area contributed by atoms with Gasteiger partial charge in [0.15, 0.2) is 0 Å². The summed E-state index contributed by atoms with van der Waals surface area (Å²) < 4.78 is 27.1. The molecule has 0 saturated carbocycles. The maximum absolute atomic E-state index is 12.2. The zero-order chi connectivity index (χ0) is 16.9. The van der Waals surface area contributed by atoms with E-state index in [9.17, 15) is 13.2 Å². The van der Waals surface area contributed by atoms with Crippen molar-refractivity contribution < 1.29 is 13.2 Å². The van der Waals surface area contributed by atoms with Crippen molar-refractivity contribution in [2.75, 3.05) is 18.5 Å². The minimum absolute atomic E-state index is 0.110. The lowest BCUT2D eigenvalue weighted by Gasteiger charge is -2.15. The average molecular weight is 332 g/mol. The molecule has 1 N–H and O–H groups in total. The third-order valence-corrected chi connectivity index (χ3v) is 5.03. The first-order valence-electron chi connectivity index (χ1n) is 7.28. The van der Waals surface area contributed by atoms with Crippen molar-refractivity contribution in [3.63, 3.8) is 0 Å². The van der Waals surface area contributed by atoms with Crippen LogP contribution in [-0.2, 0) is 21.2 Å². The molecule has 0 aliphatic heterocycles. The summed E-state index contributed by atoms with van der Waals surface area (Å²) in [4.78, 5) is 12.9. The molecule has 0 heterocycles. The van der Waals surface area contributed by atoms with Crippen LogP contribution in [0.1, 0.15) is 12.5 Å². The summed E-state index contributed by atoms with van der Waals surface area (Å²) in [5.74, 6) is -0.110. The Hall–Kier alpha value is -2.18. The number of sulfonamides is 1. The highest BCUT2D eigenvalue weighted by molar-refractivity contribution is 7.89. The van der Waals surface area contributed by atoms with Crippen LogP contribution in [0.3, 0.4) is 0 Å². The lowest BCUT2D eigenvalue weighted by atomic mass is 10.2. The SMILES string of the molecule is CC(=O)N(C)c1ccc(S(=O)(=O)NCCc2ccccc2)cc1. The van der Waals surface area contributed by atoms with Gasteiger partial charge in [-0.05, 0) is 36.2 Å². The van der Waals surface area contributed by atoms with E-state index in [0.29, 0.717) is 18.7 Å². The van der Waals surface area contributed by atoms with Crippen LogP contribution in [0.4, 0.5) is 5.69 Å². The first kappa shape index (κ1) is 17.2. The van der Waals surface area contributed by atoms with Crippen LogP contribution in [0, 0.1) is 0 Å². The number of amides is 1. The first-order chi connectivity index (χ1) is 10.9. The molecule has 2 aromatic rings. The molecule has 1 amide bonds. The Bertz CT molecular complexity index is 756. The number of carbonyl (C=O) groups is 1. The highest BCUT2D eigenvalue weighted by Gasteiger charge is 2.14. The maximum atomic E-state index is 12.2. The van der Waals surface area contributed by atoms with E-state index in [1.165, 1.54) is 24.0 Å². The molecule has 5 nitrogen and oxygen atoms in total. The third-order valence-electron chi connectivity index (χ3n) is 3.56. The molecule has 23 heavy (non-hydrogen) atoms. The van der Waals surface area contributed by atoms with Crippen LogP contribution >= 0.6 is 0 Å². The molecule has 0 aromatic heterocycles. The standard InChI is InChI=1S/C17H20N2O3S/c1-14(20)19(2)16-8-10-17(11-9-16)23(21,22)18-13-12-15-6-4-3-5-7-15/h3-11,18H,12-13H2,1-2H3. The molecule has 2 rings (SSSR count). The zero-order valence-corrected chi connectivity index (χ0v) is 14.0. The van der Waals surface area contributed by atoms with Crippen molar-refractivity contribution in [1.29, 1.82) is 0 Å². The van der Waals surface area contributed by atoms with E-state index in [2.05, 4.69) is 4.72 Å². The Morgan fingerprint density at radius 3 is 2.22 bits per heavy atom. The molecule has 0 radical (unpaired) electrons. The van der Waals surface area contributed by atoms with E-state index in [1.54, 1.807) is 19.2 Å². The van der Waals surface area contributed by atoms with E-state index >= 15 is 0 Å². The van der Waals surface area contributed by atoms with Gasteiger partial charge in [0, 0.05) is 26.2 Å². The lowest BCUT2D eigenvalue weighted by Crippen LogP contribution is -2.26. The van der Waals surface area contributed by atoms with Crippen molar-refractivity contribution in [2.45, 2.75) is 18.2 Å². The summed E-state index contributed by atoms with van der Waals surface area (Å²) in [5.41, 5.74) is 1.73. The first-order valence-corrected chi connectivity index (χ1v) is 8.76. The Balaban J connectivity index is 2.00. The van der Waals surface area contributed by atoms with Gasteiger partial charge in [0.2, 0.25) is 15.9 Å². The van der Waals surface area contributed by atoms with Gasteiger partial charge in [-0.2, -0.15) is 0 Å². The number of hydrogen-bond donors (Lipinski definition) is 1. The fourth-order valence-corrected chi connectivity index (χ4v) is 3.12. The van der Waals surface area contributed by atoms with Gasteiger partial charge in [-0.1, -0.05) is 30.3 Å². The van der Waals surface area contributed by atoms with Crippen molar-refractivity contribution in [3.05, 3.63) is 60.2 Å². The molecule has 0 fully saturated rings. The normalized spacial score (nSPS) is 11.2. The summed E-state index contributed by atoms with van der Waals surface area (Å²) in [6.07, 6.45) is 0.630. The van der Waals surface area contributed by atoms with Crippen molar-refractivity contribution in [2.24, 2.45) is 0 Å². The molecular weight excluding hydrogens is 312 g/mol. The van der Waals surface area contributed by atoms with Crippen molar-refractivity contribution >= 4 is 21.6 Å². The van der Waals surface area contributed by atoms with Gasteiger partial charge in [-0.15, -0.1) is 0 Å². The van der Waals surface area contributed by atoms with E-state index in [1.807, 2.05) is 30.3 Å². The number of nitrogens with one attached hydrogen (secondary N) is 1. The summed E-state index contributed by atoms with van der Waals surface area (Å²) in [7, 11) is -1.90. The second kappa shape index (κ2) is 7.39. The van der Waals surface area contributed by atoms with Gasteiger partial charge in [0.1, 0.15) is 0 Å². The van der Waals surface area contributed by atoms with E-state index in [4.69, 9.17) is 0 Å². The maximum Gasteiger partial charge on any atom is 0.240 e. The van der Waals surface area contributed by atoms with Gasteiger partial charge >= 0.3 is 0 Å². The molecule has 0 atom stereocenters. The fraction of sp³-hybridized carbons (Fsp3) is 0.235. The quantitative estimate of drug-likeness (QED) is 0.882. The highest BCUT2D eigenvalue weighted by Crippen LogP contribution is 2.17.